The van der Waals surface area contributed by atoms with E-state index in [1.54, 1.807) is 24.3 Å². The van der Waals surface area contributed by atoms with E-state index in [2.05, 4.69) is 5.32 Å². The molecule has 0 fully saturated rings. The van der Waals surface area contributed by atoms with Crippen LogP contribution in [0.2, 0.25) is 15.1 Å². The van der Waals surface area contributed by atoms with E-state index in [-0.39, 0.29) is 12.7 Å². The number of rotatable bonds is 2. The number of carbonyl (C=O) groups excluding carboxylic acids is 1. The topological polar surface area (TPSA) is 47.6 Å². The minimum atomic E-state index is -0.339. The summed E-state index contributed by atoms with van der Waals surface area (Å²) in [7, 11) is 0. The molecule has 0 bridgehead atoms. The summed E-state index contributed by atoms with van der Waals surface area (Å²) in [4.78, 5) is 12.2. The first kappa shape index (κ1) is 14.3. The Bertz CT molecular complexity index is 734. The third kappa shape index (κ3) is 2.88. The fourth-order valence-corrected chi connectivity index (χ4v) is 2.44. The highest BCUT2D eigenvalue weighted by Gasteiger charge is 2.20. The van der Waals surface area contributed by atoms with Gasteiger partial charge in [0, 0.05) is 11.3 Å². The second-order valence-electron chi connectivity index (χ2n) is 4.27. The van der Waals surface area contributed by atoms with E-state index < -0.39 is 0 Å². The molecule has 2 aromatic rings. The lowest BCUT2D eigenvalue weighted by Gasteiger charge is -2.08. The van der Waals surface area contributed by atoms with Crippen LogP contribution in [0.4, 0.5) is 5.69 Å². The SMILES string of the molecule is O=C(Nc1ccc(Cl)c(Cl)c1)c1cc(Cl)c2c(c1)OCO2. The third-order valence-electron chi connectivity index (χ3n) is 2.87. The van der Waals surface area contributed by atoms with Crippen LogP contribution in [0.5, 0.6) is 11.5 Å². The Morgan fingerprint density at radius 3 is 2.57 bits per heavy atom. The number of nitrogens with one attached hydrogen (secondary N) is 1. The summed E-state index contributed by atoms with van der Waals surface area (Å²) in [5, 5.41) is 3.81. The summed E-state index contributed by atoms with van der Waals surface area (Å²) in [5.74, 6) is 0.554. The van der Waals surface area contributed by atoms with Gasteiger partial charge in [-0.1, -0.05) is 34.8 Å². The van der Waals surface area contributed by atoms with E-state index >= 15 is 0 Å². The first-order valence-electron chi connectivity index (χ1n) is 5.90. The van der Waals surface area contributed by atoms with Crippen LogP contribution in [-0.4, -0.2) is 12.7 Å². The molecule has 2 aromatic carbocycles. The summed E-state index contributed by atoms with van der Waals surface area (Å²) >= 11 is 17.8. The molecule has 0 spiro atoms. The monoisotopic (exact) mass is 343 g/mol. The molecule has 0 saturated carbocycles. The predicted molar refractivity (Wildman–Crippen MR) is 82.0 cm³/mol. The number of hydrogen-bond acceptors (Lipinski definition) is 3. The zero-order chi connectivity index (χ0) is 15.0. The standard InChI is InChI=1S/C14H8Cl3NO3/c15-9-2-1-8(5-10(9)16)18-14(19)7-3-11(17)13-12(4-7)20-6-21-13/h1-5H,6H2,(H,18,19). The summed E-state index contributed by atoms with van der Waals surface area (Å²) in [6, 6.07) is 7.91. The highest BCUT2D eigenvalue weighted by atomic mass is 35.5. The van der Waals surface area contributed by atoms with Crippen molar-refractivity contribution in [1.82, 2.24) is 0 Å². The Morgan fingerprint density at radius 2 is 1.81 bits per heavy atom. The lowest BCUT2D eigenvalue weighted by molar-refractivity contribution is 0.102. The normalized spacial score (nSPS) is 12.3. The van der Waals surface area contributed by atoms with Gasteiger partial charge in [0.25, 0.3) is 5.91 Å². The molecular weight excluding hydrogens is 337 g/mol. The number of carbonyl (C=O) groups is 1. The van der Waals surface area contributed by atoms with Gasteiger partial charge in [-0.3, -0.25) is 4.79 Å². The molecule has 1 aliphatic rings. The minimum Gasteiger partial charge on any atom is -0.454 e. The van der Waals surface area contributed by atoms with Crippen molar-refractivity contribution in [2.24, 2.45) is 0 Å². The summed E-state index contributed by atoms with van der Waals surface area (Å²) in [5.41, 5.74) is 0.888. The lowest BCUT2D eigenvalue weighted by atomic mass is 10.2. The molecular formula is C14H8Cl3NO3. The number of anilines is 1. The summed E-state index contributed by atoms with van der Waals surface area (Å²) in [6.07, 6.45) is 0. The molecule has 1 heterocycles. The molecule has 1 N–H and O–H groups in total. The number of ether oxygens (including phenoxy) is 2. The van der Waals surface area contributed by atoms with Gasteiger partial charge in [0.05, 0.1) is 15.1 Å². The molecule has 4 nitrogen and oxygen atoms in total. The van der Waals surface area contributed by atoms with E-state index in [1.807, 2.05) is 0 Å². The lowest BCUT2D eigenvalue weighted by Crippen LogP contribution is -2.11. The van der Waals surface area contributed by atoms with E-state index in [1.165, 1.54) is 6.07 Å². The van der Waals surface area contributed by atoms with Gasteiger partial charge in [-0.2, -0.15) is 0 Å². The van der Waals surface area contributed by atoms with Crippen LogP contribution < -0.4 is 14.8 Å². The molecule has 1 amide bonds. The van der Waals surface area contributed by atoms with Gasteiger partial charge in [0.2, 0.25) is 6.79 Å². The van der Waals surface area contributed by atoms with Crippen LogP contribution in [0.3, 0.4) is 0 Å². The smallest absolute Gasteiger partial charge is 0.255 e. The van der Waals surface area contributed by atoms with E-state index in [0.29, 0.717) is 37.8 Å². The van der Waals surface area contributed by atoms with Gasteiger partial charge >= 0.3 is 0 Å². The Morgan fingerprint density at radius 1 is 1.00 bits per heavy atom. The average molecular weight is 345 g/mol. The Kier molecular flexibility index (Phi) is 3.85. The van der Waals surface area contributed by atoms with Crippen molar-refractivity contribution in [1.29, 1.82) is 0 Å². The second kappa shape index (κ2) is 5.64. The average Bonchev–Trinajstić information content (AvgIpc) is 2.92. The van der Waals surface area contributed by atoms with E-state index in [4.69, 9.17) is 44.3 Å². The van der Waals surface area contributed by atoms with Crippen molar-refractivity contribution in [3.8, 4) is 11.5 Å². The number of amides is 1. The molecule has 0 unspecified atom stereocenters. The van der Waals surface area contributed by atoms with Crippen molar-refractivity contribution >= 4 is 46.4 Å². The summed E-state index contributed by atoms with van der Waals surface area (Å²) < 4.78 is 10.4. The molecule has 0 aromatic heterocycles. The van der Waals surface area contributed by atoms with Gasteiger partial charge in [0.1, 0.15) is 0 Å². The predicted octanol–water partition coefficient (Wildman–Crippen LogP) is 4.63. The van der Waals surface area contributed by atoms with Gasteiger partial charge in [-0.05, 0) is 30.3 Å². The second-order valence-corrected chi connectivity index (χ2v) is 5.50. The Hall–Kier alpha value is -1.62. The largest absolute Gasteiger partial charge is 0.454 e. The van der Waals surface area contributed by atoms with E-state index in [0.717, 1.165) is 0 Å². The van der Waals surface area contributed by atoms with Crippen LogP contribution in [0.25, 0.3) is 0 Å². The van der Waals surface area contributed by atoms with Crippen LogP contribution in [0, 0.1) is 0 Å². The molecule has 0 saturated heterocycles. The molecule has 3 rings (SSSR count). The first-order valence-corrected chi connectivity index (χ1v) is 7.03. The zero-order valence-corrected chi connectivity index (χ0v) is 12.7. The van der Waals surface area contributed by atoms with Gasteiger partial charge in [-0.25, -0.2) is 0 Å². The molecule has 0 atom stereocenters. The fraction of sp³-hybridized carbons (Fsp3) is 0.0714. The highest BCUT2D eigenvalue weighted by molar-refractivity contribution is 6.42. The third-order valence-corrected chi connectivity index (χ3v) is 3.89. The number of halogens is 3. The van der Waals surface area contributed by atoms with Gasteiger partial charge < -0.3 is 14.8 Å². The maximum absolute atomic E-state index is 12.2. The number of hydrogen-bond donors (Lipinski definition) is 1. The quantitative estimate of drug-likeness (QED) is 0.864. The number of fused-ring (bicyclic) bond motifs is 1. The Labute approximate surface area is 135 Å². The van der Waals surface area contributed by atoms with Crippen LogP contribution in [-0.2, 0) is 0 Å². The molecule has 7 heteroatoms. The van der Waals surface area contributed by atoms with Crippen molar-refractivity contribution in [3.05, 3.63) is 51.0 Å². The van der Waals surface area contributed by atoms with Crippen molar-refractivity contribution in [2.45, 2.75) is 0 Å². The first-order chi connectivity index (χ1) is 10.0. The van der Waals surface area contributed by atoms with Gasteiger partial charge in [-0.15, -0.1) is 0 Å². The van der Waals surface area contributed by atoms with Gasteiger partial charge in [0.15, 0.2) is 11.5 Å². The zero-order valence-electron chi connectivity index (χ0n) is 10.5. The molecule has 1 aliphatic heterocycles. The van der Waals surface area contributed by atoms with Crippen LogP contribution >= 0.6 is 34.8 Å². The van der Waals surface area contributed by atoms with E-state index in [9.17, 15) is 4.79 Å². The molecule has 0 radical (unpaired) electrons. The molecule has 0 aliphatic carbocycles. The maximum atomic E-state index is 12.2. The van der Waals surface area contributed by atoms with Crippen molar-refractivity contribution < 1.29 is 14.3 Å². The summed E-state index contributed by atoms with van der Waals surface area (Å²) in [6.45, 7) is 0.0902. The van der Waals surface area contributed by atoms with Crippen LogP contribution in [0.15, 0.2) is 30.3 Å². The fourth-order valence-electron chi connectivity index (χ4n) is 1.88. The molecule has 108 valence electrons. The van der Waals surface area contributed by atoms with Crippen LogP contribution in [0.1, 0.15) is 10.4 Å². The minimum absolute atomic E-state index is 0.0902. The highest BCUT2D eigenvalue weighted by Crippen LogP contribution is 2.40. The Balaban J connectivity index is 1.85. The molecule has 21 heavy (non-hydrogen) atoms. The van der Waals surface area contributed by atoms with Crippen molar-refractivity contribution in [3.63, 3.8) is 0 Å². The van der Waals surface area contributed by atoms with Crippen molar-refractivity contribution in [2.75, 3.05) is 12.1 Å². The maximum Gasteiger partial charge on any atom is 0.255 e. The number of benzene rings is 2.